The van der Waals surface area contributed by atoms with Crippen LogP contribution in [0.15, 0.2) is 42.5 Å². The summed E-state index contributed by atoms with van der Waals surface area (Å²) in [5.74, 6) is -0.427. The Morgan fingerprint density at radius 3 is 2.57 bits per heavy atom. The fraction of sp³-hybridized carbons (Fsp3) is 0.250. The lowest BCUT2D eigenvalue weighted by Crippen LogP contribution is -2.30. The predicted octanol–water partition coefficient (Wildman–Crippen LogP) is 4.26. The molecule has 0 aliphatic carbocycles. The van der Waals surface area contributed by atoms with Crippen molar-refractivity contribution in [3.63, 3.8) is 0 Å². The smallest absolute Gasteiger partial charge is 0.142 e. The summed E-state index contributed by atoms with van der Waals surface area (Å²) >= 11 is 11.7. The molecule has 0 saturated heterocycles. The van der Waals surface area contributed by atoms with Crippen LogP contribution in [0.4, 0.5) is 4.39 Å². The molecule has 5 heteroatoms. The van der Waals surface area contributed by atoms with E-state index in [2.05, 4.69) is 4.90 Å². The minimum absolute atomic E-state index is 0.0873. The van der Waals surface area contributed by atoms with Crippen molar-refractivity contribution < 1.29 is 4.39 Å². The SMILES string of the molecule is CN(Cc1cccc(Cl)c1)C(CN)c1ccc(Cl)c(F)c1. The summed E-state index contributed by atoms with van der Waals surface area (Å²) < 4.78 is 13.6. The number of likely N-dealkylation sites (N-methyl/N-ethyl adjacent to an activating group) is 1. The third-order valence-electron chi connectivity index (χ3n) is 3.40. The van der Waals surface area contributed by atoms with E-state index in [0.717, 1.165) is 11.1 Å². The van der Waals surface area contributed by atoms with Crippen molar-refractivity contribution in [3.05, 3.63) is 69.5 Å². The third kappa shape index (κ3) is 4.17. The minimum Gasteiger partial charge on any atom is -0.329 e. The third-order valence-corrected chi connectivity index (χ3v) is 3.95. The molecule has 0 amide bonds. The molecule has 0 spiro atoms. The van der Waals surface area contributed by atoms with Gasteiger partial charge in [-0.1, -0.05) is 41.4 Å². The van der Waals surface area contributed by atoms with E-state index in [4.69, 9.17) is 28.9 Å². The van der Waals surface area contributed by atoms with Gasteiger partial charge in [-0.05, 0) is 42.4 Å². The molecule has 0 aromatic heterocycles. The summed E-state index contributed by atoms with van der Waals surface area (Å²) in [5.41, 5.74) is 7.74. The van der Waals surface area contributed by atoms with Crippen molar-refractivity contribution in [2.24, 2.45) is 5.73 Å². The van der Waals surface area contributed by atoms with Crippen LogP contribution in [0.25, 0.3) is 0 Å². The van der Waals surface area contributed by atoms with Crippen LogP contribution >= 0.6 is 23.2 Å². The Kier molecular flexibility index (Phi) is 5.59. The van der Waals surface area contributed by atoms with Gasteiger partial charge < -0.3 is 5.73 Å². The summed E-state index contributed by atoms with van der Waals surface area (Å²) in [4.78, 5) is 2.06. The highest BCUT2D eigenvalue weighted by molar-refractivity contribution is 6.30. The van der Waals surface area contributed by atoms with Crippen molar-refractivity contribution in [1.29, 1.82) is 0 Å². The van der Waals surface area contributed by atoms with E-state index in [-0.39, 0.29) is 11.1 Å². The first kappa shape index (κ1) is 16.2. The molecular formula is C16H17Cl2FN2. The van der Waals surface area contributed by atoms with Gasteiger partial charge in [0.05, 0.1) is 5.02 Å². The molecule has 112 valence electrons. The summed E-state index contributed by atoms with van der Waals surface area (Å²) in [7, 11) is 1.95. The lowest BCUT2D eigenvalue weighted by atomic mass is 10.0. The molecule has 21 heavy (non-hydrogen) atoms. The number of nitrogens with zero attached hydrogens (tertiary/aromatic N) is 1. The van der Waals surface area contributed by atoms with Gasteiger partial charge in [0.1, 0.15) is 5.82 Å². The second-order valence-electron chi connectivity index (χ2n) is 4.97. The number of rotatable bonds is 5. The number of hydrogen-bond acceptors (Lipinski definition) is 2. The summed E-state index contributed by atoms with van der Waals surface area (Å²) in [5, 5.41) is 0.815. The standard InChI is InChI=1S/C16H17Cl2FN2/c1-21(10-11-3-2-4-13(17)7-11)16(9-20)12-5-6-14(18)15(19)8-12/h2-8,16H,9-10,20H2,1H3. The van der Waals surface area contributed by atoms with Crippen LogP contribution in [0.2, 0.25) is 10.0 Å². The van der Waals surface area contributed by atoms with E-state index in [0.29, 0.717) is 18.1 Å². The van der Waals surface area contributed by atoms with Crippen LogP contribution in [-0.4, -0.2) is 18.5 Å². The molecule has 2 N–H and O–H groups in total. The number of nitrogens with two attached hydrogens (primary N) is 1. The van der Waals surface area contributed by atoms with Gasteiger partial charge in [-0.2, -0.15) is 0 Å². The maximum atomic E-state index is 13.6. The first-order valence-corrected chi connectivity index (χ1v) is 7.36. The molecule has 0 saturated carbocycles. The van der Waals surface area contributed by atoms with E-state index in [1.165, 1.54) is 6.07 Å². The van der Waals surface area contributed by atoms with Gasteiger partial charge in [-0.15, -0.1) is 0 Å². The molecule has 2 aromatic carbocycles. The summed E-state index contributed by atoms with van der Waals surface area (Å²) in [6.07, 6.45) is 0. The quantitative estimate of drug-likeness (QED) is 0.889. The molecular weight excluding hydrogens is 310 g/mol. The Bertz CT molecular complexity index is 619. The summed E-state index contributed by atoms with van der Waals surface area (Å²) in [6, 6.07) is 12.4. The van der Waals surface area contributed by atoms with Crippen molar-refractivity contribution in [3.8, 4) is 0 Å². The Balaban J connectivity index is 2.18. The average molecular weight is 327 g/mol. The Labute approximate surface area is 134 Å². The second kappa shape index (κ2) is 7.23. The highest BCUT2D eigenvalue weighted by Crippen LogP contribution is 2.24. The van der Waals surface area contributed by atoms with E-state index >= 15 is 0 Å². The Morgan fingerprint density at radius 2 is 1.95 bits per heavy atom. The highest BCUT2D eigenvalue weighted by atomic mass is 35.5. The molecule has 1 unspecified atom stereocenters. The van der Waals surface area contributed by atoms with Gasteiger partial charge in [-0.25, -0.2) is 4.39 Å². The van der Waals surface area contributed by atoms with Crippen molar-refractivity contribution in [2.75, 3.05) is 13.6 Å². The van der Waals surface area contributed by atoms with Crippen molar-refractivity contribution in [1.82, 2.24) is 4.90 Å². The molecule has 0 bridgehead atoms. The molecule has 0 heterocycles. The van der Waals surface area contributed by atoms with Crippen molar-refractivity contribution >= 4 is 23.2 Å². The molecule has 2 aromatic rings. The molecule has 1 atom stereocenters. The molecule has 0 fully saturated rings. The van der Waals surface area contributed by atoms with Gasteiger partial charge in [0.2, 0.25) is 0 Å². The van der Waals surface area contributed by atoms with Crippen LogP contribution in [0.5, 0.6) is 0 Å². The fourth-order valence-electron chi connectivity index (χ4n) is 2.32. The van der Waals surface area contributed by atoms with Crippen LogP contribution in [-0.2, 0) is 6.54 Å². The topological polar surface area (TPSA) is 29.3 Å². The van der Waals surface area contributed by atoms with Crippen LogP contribution < -0.4 is 5.73 Å². The average Bonchev–Trinajstić information content (AvgIpc) is 2.43. The van der Waals surface area contributed by atoms with Crippen molar-refractivity contribution in [2.45, 2.75) is 12.6 Å². The van der Waals surface area contributed by atoms with E-state index in [1.54, 1.807) is 12.1 Å². The zero-order valence-corrected chi connectivity index (χ0v) is 13.2. The lowest BCUT2D eigenvalue weighted by Gasteiger charge is -2.27. The van der Waals surface area contributed by atoms with Gasteiger partial charge >= 0.3 is 0 Å². The Morgan fingerprint density at radius 1 is 1.19 bits per heavy atom. The Hall–Kier alpha value is -1.13. The van der Waals surface area contributed by atoms with E-state index in [1.807, 2.05) is 31.3 Å². The monoisotopic (exact) mass is 326 g/mol. The highest BCUT2D eigenvalue weighted by Gasteiger charge is 2.17. The van der Waals surface area contributed by atoms with Gasteiger partial charge in [0.15, 0.2) is 0 Å². The maximum Gasteiger partial charge on any atom is 0.142 e. The van der Waals surface area contributed by atoms with Crippen LogP contribution in [0.1, 0.15) is 17.2 Å². The first-order valence-electron chi connectivity index (χ1n) is 6.61. The van der Waals surface area contributed by atoms with Crippen LogP contribution in [0, 0.1) is 5.82 Å². The number of benzene rings is 2. The molecule has 2 rings (SSSR count). The largest absolute Gasteiger partial charge is 0.329 e. The normalized spacial score (nSPS) is 12.7. The van der Waals surface area contributed by atoms with Crippen LogP contribution in [0.3, 0.4) is 0 Å². The second-order valence-corrected chi connectivity index (χ2v) is 5.81. The number of halogens is 3. The summed E-state index contributed by atoms with van der Waals surface area (Å²) in [6.45, 7) is 1.06. The van der Waals surface area contributed by atoms with E-state index in [9.17, 15) is 4.39 Å². The zero-order chi connectivity index (χ0) is 15.4. The molecule has 2 nitrogen and oxygen atoms in total. The van der Waals surface area contributed by atoms with Gasteiger partial charge in [-0.3, -0.25) is 4.90 Å². The zero-order valence-electron chi connectivity index (χ0n) is 11.7. The molecule has 0 aliphatic rings. The fourth-order valence-corrected chi connectivity index (χ4v) is 2.65. The van der Waals surface area contributed by atoms with Gasteiger partial charge in [0.25, 0.3) is 0 Å². The molecule has 0 aliphatic heterocycles. The predicted molar refractivity (Wildman–Crippen MR) is 86.1 cm³/mol. The first-order chi connectivity index (χ1) is 10.0. The van der Waals surface area contributed by atoms with Gasteiger partial charge in [0, 0.05) is 24.2 Å². The lowest BCUT2D eigenvalue weighted by molar-refractivity contribution is 0.241. The maximum absolute atomic E-state index is 13.6. The molecule has 0 radical (unpaired) electrons. The van der Waals surface area contributed by atoms with E-state index < -0.39 is 5.82 Å². The minimum atomic E-state index is -0.427. The number of hydrogen-bond donors (Lipinski definition) is 1.